The van der Waals surface area contributed by atoms with Crippen molar-refractivity contribution >= 4 is 34.8 Å². The minimum Gasteiger partial charge on any atom is -0.448 e. The fourth-order valence-electron chi connectivity index (χ4n) is 6.12. The van der Waals surface area contributed by atoms with Gasteiger partial charge in [-0.2, -0.15) is 13.2 Å². The van der Waals surface area contributed by atoms with Gasteiger partial charge in [-0.15, -0.1) is 0 Å². The molecule has 0 atom stereocenters. The number of amides is 3. The number of benzene rings is 2. The lowest BCUT2D eigenvalue weighted by atomic mass is 10.0. The molecule has 1 aliphatic carbocycles. The van der Waals surface area contributed by atoms with Crippen molar-refractivity contribution in [1.82, 2.24) is 15.2 Å². The molecule has 6 rings (SSSR count). The number of alkyl halides is 3. The minimum absolute atomic E-state index is 0.0444. The van der Waals surface area contributed by atoms with Crippen molar-refractivity contribution in [3.8, 4) is 0 Å². The molecule has 10 nitrogen and oxygen atoms in total. The molecule has 0 radical (unpaired) electrons. The SMILES string of the molecule is Cc1ccccc1N1CCN(c2c(NC(=O)c3coc(C4CC4)n3)cc(C(=O)NCCCN3CCCC3=O)cc2C(F)(F)F)CC1. The summed E-state index contributed by atoms with van der Waals surface area (Å²) in [6.07, 6.45) is -0.0430. The van der Waals surface area contributed by atoms with Gasteiger partial charge in [0.25, 0.3) is 11.8 Å². The number of carbonyl (C=O) groups excluding carboxylic acids is 3. The van der Waals surface area contributed by atoms with Crippen LogP contribution in [0.15, 0.2) is 47.1 Å². The first-order chi connectivity index (χ1) is 22.1. The maximum Gasteiger partial charge on any atom is 0.418 e. The van der Waals surface area contributed by atoms with Crippen molar-refractivity contribution in [2.45, 2.75) is 51.1 Å². The molecule has 46 heavy (non-hydrogen) atoms. The smallest absolute Gasteiger partial charge is 0.418 e. The van der Waals surface area contributed by atoms with E-state index in [0.29, 0.717) is 44.9 Å². The summed E-state index contributed by atoms with van der Waals surface area (Å²) in [4.78, 5) is 48.1. The average Bonchev–Trinajstić information content (AvgIpc) is 3.61. The summed E-state index contributed by atoms with van der Waals surface area (Å²) in [5.41, 5.74) is 0.471. The number of anilines is 3. The zero-order chi connectivity index (χ0) is 32.4. The zero-order valence-electron chi connectivity index (χ0n) is 25.7. The lowest BCUT2D eigenvalue weighted by molar-refractivity contribution is -0.137. The van der Waals surface area contributed by atoms with Crippen molar-refractivity contribution in [3.05, 3.63) is 70.9 Å². The number of hydrogen-bond acceptors (Lipinski definition) is 7. The highest BCUT2D eigenvalue weighted by molar-refractivity contribution is 6.06. The topological polar surface area (TPSA) is 111 Å². The Morgan fingerprint density at radius 3 is 2.43 bits per heavy atom. The molecule has 3 aromatic rings. The molecule has 3 aliphatic rings. The van der Waals surface area contributed by atoms with Gasteiger partial charge in [-0.05, 0) is 56.4 Å². The third kappa shape index (κ3) is 6.97. The van der Waals surface area contributed by atoms with Gasteiger partial charge in [-0.25, -0.2) is 4.98 Å². The molecule has 2 aliphatic heterocycles. The van der Waals surface area contributed by atoms with Crippen molar-refractivity contribution < 1.29 is 32.0 Å². The van der Waals surface area contributed by atoms with Crippen LogP contribution in [-0.2, 0) is 11.0 Å². The molecule has 3 fully saturated rings. The van der Waals surface area contributed by atoms with Crippen LogP contribution < -0.4 is 20.4 Å². The number of rotatable bonds is 10. The molecule has 1 saturated carbocycles. The summed E-state index contributed by atoms with van der Waals surface area (Å²) in [6.45, 7) is 4.74. The summed E-state index contributed by atoms with van der Waals surface area (Å²) >= 11 is 0. The molecular weight excluding hydrogens is 601 g/mol. The second-order valence-electron chi connectivity index (χ2n) is 12.1. The van der Waals surface area contributed by atoms with Crippen LogP contribution in [0.25, 0.3) is 0 Å². The summed E-state index contributed by atoms with van der Waals surface area (Å²) in [5, 5.41) is 5.30. The maximum atomic E-state index is 14.8. The molecule has 1 aromatic heterocycles. The first kappa shape index (κ1) is 31.4. The first-order valence-electron chi connectivity index (χ1n) is 15.7. The summed E-state index contributed by atoms with van der Waals surface area (Å²) in [5.74, 6) is -0.793. The normalized spacial score (nSPS) is 17.0. The summed E-state index contributed by atoms with van der Waals surface area (Å²) < 4.78 is 49.7. The lowest BCUT2D eigenvalue weighted by Gasteiger charge is -2.39. The number of halogens is 3. The van der Waals surface area contributed by atoms with Crippen LogP contribution in [0.1, 0.15) is 75.9 Å². The van der Waals surface area contributed by atoms with E-state index in [0.717, 1.165) is 36.6 Å². The average molecular weight is 639 g/mol. The van der Waals surface area contributed by atoms with E-state index in [1.165, 1.54) is 12.3 Å². The largest absolute Gasteiger partial charge is 0.448 e. The van der Waals surface area contributed by atoms with Crippen molar-refractivity contribution in [3.63, 3.8) is 0 Å². The van der Waals surface area contributed by atoms with Crippen LogP contribution in [0.2, 0.25) is 0 Å². The van der Waals surface area contributed by atoms with Crippen molar-refractivity contribution in [2.24, 2.45) is 0 Å². The van der Waals surface area contributed by atoms with E-state index in [4.69, 9.17) is 4.42 Å². The van der Waals surface area contributed by atoms with Crippen molar-refractivity contribution in [1.29, 1.82) is 0 Å². The second-order valence-corrected chi connectivity index (χ2v) is 12.1. The number of carbonyl (C=O) groups is 3. The highest BCUT2D eigenvalue weighted by Gasteiger charge is 2.39. The number of hydrogen-bond donors (Lipinski definition) is 2. The number of aryl methyl sites for hydroxylation is 1. The van der Waals surface area contributed by atoms with Gasteiger partial charge in [0.2, 0.25) is 5.91 Å². The third-order valence-corrected chi connectivity index (χ3v) is 8.72. The Bertz CT molecular complexity index is 1610. The van der Waals surface area contributed by atoms with Gasteiger partial charge >= 0.3 is 6.18 Å². The van der Waals surface area contributed by atoms with E-state index < -0.39 is 23.6 Å². The zero-order valence-corrected chi connectivity index (χ0v) is 25.7. The number of piperazine rings is 1. The Balaban J connectivity index is 1.27. The summed E-state index contributed by atoms with van der Waals surface area (Å²) in [7, 11) is 0. The molecule has 2 saturated heterocycles. The highest BCUT2D eigenvalue weighted by Crippen LogP contribution is 2.43. The number of nitrogens with one attached hydrogen (secondary N) is 2. The number of aromatic nitrogens is 1. The Morgan fingerprint density at radius 2 is 1.76 bits per heavy atom. The Morgan fingerprint density at radius 1 is 1.02 bits per heavy atom. The number of para-hydroxylation sites is 1. The van der Waals surface area contributed by atoms with Gasteiger partial charge in [0.1, 0.15) is 6.26 Å². The van der Waals surface area contributed by atoms with E-state index >= 15 is 0 Å². The molecule has 2 N–H and O–H groups in total. The van der Waals surface area contributed by atoms with Crippen LogP contribution in [0.5, 0.6) is 0 Å². The predicted octanol–water partition coefficient (Wildman–Crippen LogP) is 5.20. The monoisotopic (exact) mass is 638 g/mol. The fourth-order valence-corrected chi connectivity index (χ4v) is 6.12. The van der Waals surface area contributed by atoms with Gasteiger partial charge in [-0.3, -0.25) is 14.4 Å². The Hall–Kier alpha value is -4.55. The van der Waals surface area contributed by atoms with Crippen LogP contribution in [-0.4, -0.2) is 73.4 Å². The van der Waals surface area contributed by atoms with Crippen molar-refractivity contribution in [2.75, 3.05) is 60.9 Å². The molecule has 13 heteroatoms. The second kappa shape index (κ2) is 13.1. The van der Waals surface area contributed by atoms with E-state index in [1.807, 2.05) is 31.2 Å². The maximum absolute atomic E-state index is 14.8. The van der Waals surface area contributed by atoms with E-state index in [2.05, 4.69) is 20.5 Å². The lowest BCUT2D eigenvalue weighted by Crippen LogP contribution is -2.47. The number of nitrogens with zero attached hydrogens (tertiary/aromatic N) is 4. The van der Waals surface area contributed by atoms with E-state index in [1.54, 1.807) is 9.80 Å². The van der Waals surface area contributed by atoms with Gasteiger partial charge in [-0.1, -0.05) is 18.2 Å². The number of likely N-dealkylation sites (tertiary alicyclic amines) is 1. The molecule has 0 bridgehead atoms. The first-order valence-corrected chi connectivity index (χ1v) is 15.7. The quantitative estimate of drug-likeness (QED) is 0.294. The highest BCUT2D eigenvalue weighted by atomic mass is 19.4. The minimum atomic E-state index is -4.82. The van der Waals surface area contributed by atoms with Crippen LogP contribution in [0.3, 0.4) is 0 Å². The Labute approximate surface area is 264 Å². The van der Waals surface area contributed by atoms with Gasteiger partial charge in [0.15, 0.2) is 11.6 Å². The van der Waals surface area contributed by atoms with E-state index in [-0.39, 0.29) is 54.1 Å². The summed E-state index contributed by atoms with van der Waals surface area (Å²) in [6, 6.07) is 9.98. The van der Waals surface area contributed by atoms with Gasteiger partial charge in [0, 0.05) is 69.4 Å². The molecular formula is C33H37F3N6O4. The van der Waals surface area contributed by atoms with E-state index in [9.17, 15) is 27.6 Å². The number of oxazole rings is 1. The molecule has 0 unspecified atom stereocenters. The Kier molecular flexibility index (Phi) is 8.92. The van der Waals surface area contributed by atoms with Gasteiger partial charge < -0.3 is 29.8 Å². The van der Waals surface area contributed by atoms with Crippen LogP contribution >= 0.6 is 0 Å². The standard InChI is InChI=1S/C33H37F3N6O4/c1-21-6-2-3-7-27(21)40-14-16-42(17-15-40)29-24(33(34,35)36)18-23(30(44)37-11-5-13-41-12-4-8-28(41)43)19-25(29)38-31(45)26-20-46-32(39-26)22-9-10-22/h2-3,6-7,18-20,22H,4-5,8-17H2,1H3,(H,37,44)(H,38,45). The fraction of sp³-hybridized carbons (Fsp3) is 0.455. The third-order valence-electron chi connectivity index (χ3n) is 8.72. The molecule has 0 spiro atoms. The molecule has 3 amide bonds. The van der Waals surface area contributed by atoms with Crippen LogP contribution in [0, 0.1) is 6.92 Å². The molecule has 244 valence electrons. The molecule has 2 aromatic carbocycles. The van der Waals surface area contributed by atoms with Gasteiger partial charge in [0.05, 0.1) is 16.9 Å². The molecule has 3 heterocycles. The predicted molar refractivity (Wildman–Crippen MR) is 166 cm³/mol. The van der Waals surface area contributed by atoms with Crippen LogP contribution in [0.4, 0.5) is 30.2 Å².